The molecule has 0 atom stereocenters. The lowest BCUT2D eigenvalue weighted by Gasteiger charge is -2.24. The van der Waals surface area contributed by atoms with Crippen LogP contribution in [0.3, 0.4) is 0 Å². The van der Waals surface area contributed by atoms with Crippen molar-refractivity contribution < 1.29 is 13.9 Å². The number of carbonyl (C=O) groups is 1. The predicted molar refractivity (Wildman–Crippen MR) is 89.2 cm³/mol. The molecule has 0 radical (unpaired) electrons. The number of guanidine groups is 1. The van der Waals surface area contributed by atoms with Crippen molar-refractivity contribution in [2.24, 2.45) is 4.99 Å². The number of carbonyl (C=O) groups excluding carboxylic acids is 1. The van der Waals surface area contributed by atoms with Crippen molar-refractivity contribution in [2.75, 3.05) is 33.8 Å². The first kappa shape index (κ1) is 18.9. The second-order valence-corrected chi connectivity index (χ2v) is 5.55. The highest BCUT2D eigenvalue weighted by Crippen LogP contribution is 2.05. The molecular weight excluding hydrogens is 299 g/mol. The van der Waals surface area contributed by atoms with E-state index in [0.717, 1.165) is 0 Å². The van der Waals surface area contributed by atoms with Gasteiger partial charge in [-0.1, -0.05) is 12.1 Å². The van der Waals surface area contributed by atoms with Crippen molar-refractivity contribution in [2.45, 2.75) is 19.4 Å². The molecule has 0 aliphatic carbocycles. The first-order valence-electron chi connectivity index (χ1n) is 7.42. The van der Waals surface area contributed by atoms with Gasteiger partial charge in [0.15, 0.2) is 5.96 Å². The summed E-state index contributed by atoms with van der Waals surface area (Å²) in [5.41, 5.74) is -0.270. The van der Waals surface area contributed by atoms with Crippen LogP contribution in [0, 0.1) is 5.82 Å². The van der Waals surface area contributed by atoms with Crippen LogP contribution in [0.1, 0.15) is 24.2 Å². The van der Waals surface area contributed by atoms with Crippen LogP contribution in [0.2, 0.25) is 0 Å². The van der Waals surface area contributed by atoms with Crippen LogP contribution < -0.4 is 16.0 Å². The Labute approximate surface area is 136 Å². The van der Waals surface area contributed by atoms with Crippen LogP contribution in [-0.4, -0.2) is 51.3 Å². The van der Waals surface area contributed by atoms with E-state index in [9.17, 15) is 9.18 Å². The molecule has 1 rings (SSSR count). The van der Waals surface area contributed by atoms with Gasteiger partial charge in [-0.2, -0.15) is 0 Å². The minimum Gasteiger partial charge on any atom is -0.377 e. The number of aliphatic imine (C=N–C) groups is 1. The van der Waals surface area contributed by atoms with Crippen LogP contribution in [0.25, 0.3) is 0 Å². The lowest BCUT2D eigenvalue weighted by atomic mass is 10.1. The number of ether oxygens (including phenoxy) is 1. The fourth-order valence-corrected chi connectivity index (χ4v) is 1.69. The summed E-state index contributed by atoms with van der Waals surface area (Å²) < 4.78 is 18.8. The van der Waals surface area contributed by atoms with Gasteiger partial charge in [0, 0.05) is 33.8 Å². The van der Waals surface area contributed by atoms with Gasteiger partial charge in [-0.05, 0) is 26.0 Å². The first-order valence-corrected chi connectivity index (χ1v) is 7.42. The van der Waals surface area contributed by atoms with Crippen molar-refractivity contribution in [1.82, 2.24) is 16.0 Å². The van der Waals surface area contributed by atoms with Crippen molar-refractivity contribution >= 4 is 11.9 Å². The third-order valence-corrected chi connectivity index (χ3v) is 3.28. The van der Waals surface area contributed by atoms with Crippen LogP contribution in [0.15, 0.2) is 29.3 Å². The maximum atomic E-state index is 13.5. The minimum atomic E-state index is -0.530. The molecule has 0 bridgehead atoms. The highest BCUT2D eigenvalue weighted by atomic mass is 19.1. The van der Waals surface area contributed by atoms with E-state index in [0.29, 0.717) is 25.6 Å². The Morgan fingerprint density at radius 2 is 1.87 bits per heavy atom. The van der Waals surface area contributed by atoms with Gasteiger partial charge in [0.2, 0.25) is 0 Å². The summed E-state index contributed by atoms with van der Waals surface area (Å²) in [4.78, 5) is 15.9. The molecular formula is C16H25FN4O2. The molecule has 23 heavy (non-hydrogen) atoms. The van der Waals surface area contributed by atoms with Gasteiger partial charge in [-0.25, -0.2) is 4.39 Å². The number of rotatable bonds is 7. The molecule has 0 saturated heterocycles. The van der Waals surface area contributed by atoms with Gasteiger partial charge in [-0.3, -0.25) is 9.79 Å². The zero-order valence-electron chi connectivity index (χ0n) is 14.1. The molecule has 1 aromatic carbocycles. The molecule has 0 unspecified atom stereocenters. The average molecular weight is 324 g/mol. The largest absolute Gasteiger partial charge is 0.377 e. The number of amides is 1. The molecule has 3 N–H and O–H groups in total. The Morgan fingerprint density at radius 3 is 2.48 bits per heavy atom. The summed E-state index contributed by atoms with van der Waals surface area (Å²) in [6.45, 7) is 5.32. The summed E-state index contributed by atoms with van der Waals surface area (Å²) in [7, 11) is 3.31. The third-order valence-electron chi connectivity index (χ3n) is 3.28. The molecule has 0 aliphatic heterocycles. The Bertz CT molecular complexity index is 547. The van der Waals surface area contributed by atoms with E-state index in [2.05, 4.69) is 20.9 Å². The summed E-state index contributed by atoms with van der Waals surface area (Å²) in [6, 6.07) is 5.88. The van der Waals surface area contributed by atoms with E-state index < -0.39 is 11.7 Å². The highest BCUT2D eigenvalue weighted by Gasteiger charge is 2.16. The smallest absolute Gasteiger partial charge is 0.254 e. The summed E-state index contributed by atoms with van der Waals surface area (Å²) >= 11 is 0. The van der Waals surface area contributed by atoms with Crippen LogP contribution in [0.5, 0.6) is 0 Å². The topological polar surface area (TPSA) is 74.8 Å². The molecule has 0 saturated carbocycles. The lowest BCUT2D eigenvalue weighted by molar-refractivity contribution is 0.0268. The van der Waals surface area contributed by atoms with Gasteiger partial charge >= 0.3 is 0 Å². The maximum absolute atomic E-state index is 13.5. The fourth-order valence-electron chi connectivity index (χ4n) is 1.69. The standard InChI is InChI=1S/C16H25FN4O2/c1-16(2,23-4)11-21-15(18-3)20-10-9-19-14(22)12-7-5-6-8-13(12)17/h5-8H,9-11H2,1-4H3,(H,19,22)(H2,18,20,21). The average Bonchev–Trinajstić information content (AvgIpc) is 2.54. The van der Waals surface area contributed by atoms with E-state index in [1.54, 1.807) is 26.3 Å². The van der Waals surface area contributed by atoms with Crippen molar-refractivity contribution in [3.8, 4) is 0 Å². The number of halogens is 1. The summed E-state index contributed by atoms with van der Waals surface area (Å²) in [6.07, 6.45) is 0. The number of hydrogen-bond acceptors (Lipinski definition) is 3. The number of hydrogen-bond donors (Lipinski definition) is 3. The van der Waals surface area contributed by atoms with Crippen LogP contribution >= 0.6 is 0 Å². The van der Waals surface area contributed by atoms with Gasteiger partial charge in [0.25, 0.3) is 5.91 Å². The van der Waals surface area contributed by atoms with Gasteiger partial charge in [0.1, 0.15) is 5.82 Å². The van der Waals surface area contributed by atoms with E-state index in [-0.39, 0.29) is 11.2 Å². The Morgan fingerprint density at radius 1 is 1.22 bits per heavy atom. The van der Waals surface area contributed by atoms with Crippen molar-refractivity contribution in [3.05, 3.63) is 35.6 Å². The quantitative estimate of drug-likeness (QED) is 0.399. The van der Waals surface area contributed by atoms with Crippen LogP contribution in [0.4, 0.5) is 4.39 Å². The van der Waals surface area contributed by atoms with E-state index in [1.165, 1.54) is 12.1 Å². The van der Waals surface area contributed by atoms with Gasteiger partial charge < -0.3 is 20.7 Å². The Balaban J connectivity index is 2.33. The Hall–Kier alpha value is -2.15. The fraction of sp³-hybridized carbons (Fsp3) is 0.500. The Kier molecular flexibility index (Phi) is 7.47. The molecule has 1 amide bonds. The van der Waals surface area contributed by atoms with E-state index in [4.69, 9.17) is 4.74 Å². The van der Waals surface area contributed by atoms with Crippen molar-refractivity contribution in [1.29, 1.82) is 0 Å². The minimum absolute atomic E-state index is 0.0388. The first-order chi connectivity index (χ1) is 10.9. The summed E-state index contributed by atoms with van der Waals surface area (Å²) in [5.74, 6) is -0.360. The van der Waals surface area contributed by atoms with E-state index >= 15 is 0 Å². The molecule has 6 nitrogen and oxygen atoms in total. The molecule has 128 valence electrons. The molecule has 0 aromatic heterocycles. The van der Waals surface area contributed by atoms with E-state index in [1.807, 2.05) is 13.8 Å². The molecule has 0 heterocycles. The predicted octanol–water partition coefficient (Wildman–Crippen LogP) is 1.15. The second kappa shape index (κ2) is 9.09. The lowest BCUT2D eigenvalue weighted by Crippen LogP contribution is -2.46. The number of nitrogens with one attached hydrogen (secondary N) is 3. The number of nitrogens with zero attached hydrogens (tertiary/aromatic N) is 1. The summed E-state index contributed by atoms with van der Waals surface area (Å²) in [5, 5.41) is 8.85. The van der Waals surface area contributed by atoms with Gasteiger partial charge in [0.05, 0.1) is 11.2 Å². The van der Waals surface area contributed by atoms with Gasteiger partial charge in [-0.15, -0.1) is 0 Å². The molecule has 1 aromatic rings. The zero-order chi connectivity index (χ0) is 17.3. The number of benzene rings is 1. The second-order valence-electron chi connectivity index (χ2n) is 5.55. The molecule has 0 aliphatic rings. The maximum Gasteiger partial charge on any atom is 0.254 e. The number of methoxy groups -OCH3 is 1. The molecule has 7 heteroatoms. The monoisotopic (exact) mass is 324 g/mol. The molecule has 0 fully saturated rings. The molecule has 0 spiro atoms. The zero-order valence-corrected chi connectivity index (χ0v) is 14.1. The SMILES string of the molecule is CN=C(NCCNC(=O)c1ccccc1F)NCC(C)(C)OC. The van der Waals surface area contributed by atoms with Crippen LogP contribution in [-0.2, 0) is 4.74 Å². The third kappa shape index (κ3) is 6.65. The van der Waals surface area contributed by atoms with Crippen molar-refractivity contribution in [3.63, 3.8) is 0 Å². The normalized spacial score (nSPS) is 12.0. The highest BCUT2D eigenvalue weighted by molar-refractivity contribution is 5.94.